The molecule has 5 N–H and O–H groups in total. The second kappa shape index (κ2) is 29.6. The smallest absolute Gasteiger partial charge is 0.104 e. The fourth-order valence-corrected chi connectivity index (χ4v) is 2.66. The molecule has 0 aromatic heterocycles. The number of hydrogen-bond acceptors (Lipinski definition) is 9. The van der Waals surface area contributed by atoms with E-state index in [-0.39, 0.29) is 30.8 Å². The van der Waals surface area contributed by atoms with Gasteiger partial charge < -0.3 is 40.2 Å². The highest BCUT2D eigenvalue weighted by atomic mass is 16.3. The van der Waals surface area contributed by atoms with E-state index < -0.39 is 0 Å². The summed E-state index contributed by atoms with van der Waals surface area (Å²) >= 11 is 0. The van der Waals surface area contributed by atoms with Crippen LogP contribution in [0.5, 0.6) is 0 Å². The number of aliphatic hydroxyl groups excluding tert-OH is 5. The molecular formula is C29H70N4O5. The molecule has 0 amide bonds. The molecule has 9 nitrogen and oxygen atoms in total. The summed E-state index contributed by atoms with van der Waals surface area (Å²) in [4.78, 5) is 8.13. The van der Waals surface area contributed by atoms with E-state index in [4.69, 9.17) is 25.5 Å². The summed E-state index contributed by atoms with van der Waals surface area (Å²) < 4.78 is 0. The molecule has 3 unspecified atom stereocenters. The first kappa shape index (κ1) is 44.7. The standard InChI is InChI=1S/C9H21NO.C8H19NO2.C8H19NO.C4H11NO/c1-5-9(2,8-11)6-7-10(3)4;1-9(2)5-3-4-8(6-10)7-11;1-4-8(7-10)5-6-9(2)3;1-4(6)5(2)3/h11H,5-8H2,1-4H3;8,10-11H,3-7H2,1-2H3;8,10H,4-7H2,1-3H3;4,6H,1-3H3. The second-order valence-electron chi connectivity index (χ2n) is 11.7. The lowest BCUT2D eigenvalue weighted by molar-refractivity contribution is 0.0578. The van der Waals surface area contributed by atoms with Gasteiger partial charge in [-0.25, -0.2) is 0 Å². The molecule has 0 radical (unpaired) electrons. The molecule has 0 saturated carbocycles. The van der Waals surface area contributed by atoms with Crippen LogP contribution in [0.3, 0.4) is 0 Å². The number of rotatable bonds is 17. The Morgan fingerprint density at radius 1 is 0.658 bits per heavy atom. The second-order valence-corrected chi connectivity index (χ2v) is 11.7. The van der Waals surface area contributed by atoms with Crippen LogP contribution in [0, 0.1) is 17.3 Å². The lowest BCUT2D eigenvalue weighted by Gasteiger charge is -2.26. The van der Waals surface area contributed by atoms with Crippen LogP contribution in [-0.2, 0) is 0 Å². The average molecular weight is 555 g/mol. The van der Waals surface area contributed by atoms with Crippen molar-refractivity contribution >= 4 is 0 Å². The first-order chi connectivity index (χ1) is 17.6. The van der Waals surface area contributed by atoms with Crippen LogP contribution in [0.1, 0.15) is 66.2 Å². The summed E-state index contributed by atoms with van der Waals surface area (Å²) in [6.07, 6.45) is 5.96. The summed E-state index contributed by atoms with van der Waals surface area (Å²) in [6.45, 7) is 12.1. The summed E-state index contributed by atoms with van der Waals surface area (Å²) in [6, 6.07) is 0. The molecule has 0 aliphatic carbocycles. The molecule has 0 heterocycles. The molecule has 0 fully saturated rings. The third-order valence-electron chi connectivity index (χ3n) is 6.70. The van der Waals surface area contributed by atoms with Crippen LogP contribution in [0.2, 0.25) is 0 Å². The maximum atomic E-state index is 9.08. The quantitative estimate of drug-likeness (QED) is 0.173. The highest BCUT2D eigenvalue weighted by molar-refractivity contribution is 4.72. The van der Waals surface area contributed by atoms with Crippen molar-refractivity contribution in [3.63, 3.8) is 0 Å². The van der Waals surface area contributed by atoms with E-state index in [2.05, 4.69) is 63.7 Å². The van der Waals surface area contributed by atoms with Gasteiger partial charge in [-0.3, -0.25) is 4.90 Å². The number of aliphatic hydroxyl groups is 5. The molecule has 0 spiro atoms. The molecule has 0 aliphatic rings. The zero-order valence-electron chi connectivity index (χ0n) is 27.4. The zero-order chi connectivity index (χ0) is 30.7. The molecule has 0 aromatic carbocycles. The minimum Gasteiger partial charge on any atom is -0.396 e. The maximum absolute atomic E-state index is 9.08. The first-order valence-electron chi connectivity index (χ1n) is 14.3. The van der Waals surface area contributed by atoms with Crippen molar-refractivity contribution in [2.24, 2.45) is 17.3 Å². The van der Waals surface area contributed by atoms with Crippen LogP contribution in [-0.4, -0.2) is 154 Å². The predicted molar refractivity (Wildman–Crippen MR) is 164 cm³/mol. The van der Waals surface area contributed by atoms with E-state index in [0.717, 1.165) is 58.2 Å². The minimum absolute atomic E-state index is 0.0787. The van der Waals surface area contributed by atoms with E-state index in [1.54, 1.807) is 11.8 Å². The topological polar surface area (TPSA) is 114 Å². The Hall–Kier alpha value is -0.360. The molecule has 0 saturated heterocycles. The minimum atomic E-state index is -0.315. The van der Waals surface area contributed by atoms with E-state index in [9.17, 15) is 0 Å². The van der Waals surface area contributed by atoms with Crippen LogP contribution in [0.4, 0.5) is 0 Å². The van der Waals surface area contributed by atoms with E-state index in [0.29, 0.717) is 19.1 Å². The van der Waals surface area contributed by atoms with Crippen molar-refractivity contribution in [3.8, 4) is 0 Å². The molecule has 38 heavy (non-hydrogen) atoms. The summed E-state index contributed by atoms with van der Waals surface area (Å²) in [5.74, 6) is 0.581. The predicted octanol–water partition coefficient (Wildman–Crippen LogP) is 2.12. The Labute approximate surface area is 237 Å². The third-order valence-corrected chi connectivity index (χ3v) is 6.70. The van der Waals surface area contributed by atoms with Gasteiger partial charge in [-0.2, -0.15) is 0 Å². The van der Waals surface area contributed by atoms with Gasteiger partial charge in [-0.15, -0.1) is 0 Å². The zero-order valence-corrected chi connectivity index (χ0v) is 27.4. The van der Waals surface area contributed by atoms with E-state index >= 15 is 0 Å². The fourth-order valence-electron chi connectivity index (χ4n) is 2.66. The average Bonchev–Trinajstić information content (AvgIpc) is 2.86. The third kappa shape index (κ3) is 35.6. The maximum Gasteiger partial charge on any atom is 0.104 e. The number of nitrogens with zero attached hydrogens (tertiary/aromatic N) is 4. The van der Waals surface area contributed by atoms with Gasteiger partial charge >= 0.3 is 0 Å². The molecule has 236 valence electrons. The van der Waals surface area contributed by atoms with Gasteiger partial charge in [0, 0.05) is 32.3 Å². The van der Waals surface area contributed by atoms with Crippen molar-refractivity contribution < 1.29 is 25.5 Å². The highest BCUT2D eigenvalue weighted by Crippen LogP contribution is 2.24. The molecular weight excluding hydrogens is 484 g/mol. The molecule has 3 atom stereocenters. The van der Waals surface area contributed by atoms with Gasteiger partial charge in [-0.05, 0) is 126 Å². The fraction of sp³-hybridized carbons (Fsp3) is 1.00. The Morgan fingerprint density at radius 3 is 1.34 bits per heavy atom. The van der Waals surface area contributed by atoms with Gasteiger partial charge in [0.2, 0.25) is 0 Å². The molecule has 0 bridgehead atoms. The van der Waals surface area contributed by atoms with Crippen LogP contribution < -0.4 is 0 Å². The van der Waals surface area contributed by atoms with Gasteiger partial charge in [-0.1, -0.05) is 27.2 Å². The van der Waals surface area contributed by atoms with Gasteiger partial charge in [0.05, 0.1) is 0 Å². The summed E-state index contributed by atoms with van der Waals surface area (Å²) in [5, 5.41) is 43.9. The monoisotopic (exact) mass is 555 g/mol. The molecule has 9 heteroatoms. The Bertz CT molecular complexity index is 435. The van der Waals surface area contributed by atoms with Crippen molar-refractivity contribution in [1.29, 1.82) is 0 Å². The van der Waals surface area contributed by atoms with Gasteiger partial charge in [0.25, 0.3) is 0 Å². The lowest BCUT2D eigenvalue weighted by atomic mass is 9.85. The molecule has 0 rings (SSSR count). The van der Waals surface area contributed by atoms with Crippen LogP contribution in [0.15, 0.2) is 0 Å². The lowest BCUT2D eigenvalue weighted by Crippen LogP contribution is -2.26. The largest absolute Gasteiger partial charge is 0.396 e. The van der Waals surface area contributed by atoms with Crippen molar-refractivity contribution in [2.75, 3.05) is 102 Å². The van der Waals surface area contributed by atoms with Crippen molar-refractivity contribution in [3.05, 3.63) is 0 Å². The molecule has 0 aromatic rings. The SMILES string of the molecule is CC(O)N(C)C.CCC(C)(CO)CCN(C)C.CCC(CO)CCN(C)C.CN(C)CCCC(CO)CO. The van der Waals surface area contributed by atoms with Crippen LogP contribution in [0.25, 0.3) is 0 Å². The highest BCUT2D eigenvalue weighted by Gasteiger charge is 2.20. The first-order valence-corrected chi connectivity index (χ1v) is 14.3. The van der Waals surface area contributed by atoms with Gasteiger partial charge in [0.1, 0.15) is 6.23 Å². The normalized spacial score (nSPS) is 14.4. The Kier molecular flexibility index (Phi) is 34.8. The van der Waals surface area contributed by atoms with Crippen LogP contribution >= 0.6 is 0 Å². The van der Waals surface area contributed by atoms with E-state index in [1.165, 1.54) is 0 Å². The van der Waals surface area contributed by atoms with Gasteiger partial charge in [0.15, 0.2) is 0 Å². The van der Waals surface area contributed by atoms with Crippen molar-refractivity contribution in [2.45, 2.75) is 72.4 Å². The van der Waals surface area contributed by atoms with E-state index in [1.807, 2.05) is 28.2 Å². The Morgan fingerprint density at radius 2 is 1.08 bits per heavy atom. The Balaban J connectivity index is -0.000000207. The summed E-state index contributed by atoms with van der Waals surface area (Å²) in [7, 11) is 15.9. The number of hydrogen-bond donors (Lipinski definition) is 5. The van der Waals surface area contributed by atoms with Crippen molar-refractivity contribution in [1.82, 2.24) is 19.6 Å². The summed E-state index contributed by atoms with van der Waals surface area (Å²) in [5.41, 5.74) is 0.129. The molecule has 0 aliphatic heterocycles.